The number of aromatic nitrogens is 1. The van der Waals surface area contributed by atoms with Crippen LogP contribution in [-0.4, -0.2) is 36.3 Å². The van der Waals surface area contributed by atoms with Gasteiger partial charge in [-0.25, -0.2) is 8.42 Å². The molecule has 0 radical (unpaired) electrons. The van der Waals surface area contributed by atoms with Crippen molar-refractivity contribution >= 4 is 26.8 Å². The van der Waals surface area contributed by atoms with Gasteiger partial charge in [-0.05, 0) is 67.5 Å². The molecule has 3 aromatic rings. The Hall–Kier alpha value is -2.64. The summed E-state index contributed by atoms with van der Waals surface area (Å²) in [6, 6.07) is 15.5. The average Bonchev–Trinajstić information content (AvgIpc) is 3.02. The molecule has 174 valence electrons. The van der Waals surface area contributed by atoms with Crippen LogP contribution in [0.5, 0.6) is 0 Å². The van der Waals surface area contributed by atoms with Gasteiger partial charge in [-0.2, -0.15) is 4.31 Å². The van der Waals surface area contributed by atoms with Crippen LogP contribution in [-0.2, 0) is 27.8 Å². The molecule has 1 aliphatic carbocycles. The molecule has 1 aromatic heterocycles. The second-order valence-corrected chi connectivity index (χ2v) is 11.1. The largest absolute Gasteiger partial charge is 0.348 e. The topological polar surface area (TPSA) is 71.4 Å². The Kier molecular flexibility index (Phi) is 6.25. The molecule has 33 heavy (non-hydrogen) atoms. The van der Waals surface area contributed by atoms with E-state index in [-0.39, 0.29) is 18.5 Å². The highest BCUT2D eigenvalue weighted by molar-refractivity contribution is 7.89. The van der Waals surface area contributed by atoms with Crippen molar-refractivity contribution in [3.05, 3.63) is 65.9 Å². The first-order valence-electron chi connectivity index (χ1n) is 12.0. The summed E-state index contributed by atoms with van der Waals surface area (Å²) in [5.41, 5.74) is 3.40. The zero-order valence-corrected chi connectivity index (χ0v) is 19.7. The van der Waals surface area contributed by atoms with Crippen LogP contribution in [0.2, 0.25) is 0 Å². The van der Waals surface area contributed by atoms with Crippen LogP contribution >= 0.6 is 0 Å². The molecule has 1 aliphatic heterocycles. The summed E-state index contributed by atoms with van der Waals surface area (Å²) >= 11 is 0. The standard InChI is InChI=1S/C26H31N3O3S/c30-26(27-24-11-7-9-20-8-3-4-10-23(20)24)19-28-17-14-21-18-22(12-13-25(21)28)33(31,32)29-15-5-1-2-6-16-29/h3-4,8,10,12-14,17-18,24H,1-2,5-7,9,11,15-16,19H2,(H,27,30)/t24-/m1/s1. The lowest BCUT2D eigenvalue weighted by atomic mass is 9.88. The third kappa shape index (κ3) is 4.57. The van der Waals surface area contributed by atoms with Crippen molar-refractivity contribution in [3.8, 4) is 0 Å². The van der Waals surface area contributed by atoms with E-state index in [2.05, 4.69) is 23.5 Å². The Morgan fingerprint density at radius 3 is 2.58 bits per heavy atom. The van der Waals surface area contributed by atoms with Gasteiger partial charge in [0.1, 0.15) is 6.54 Å². The first kappa shape index (κ1) is 22.2. The lowest BCUT2D eigenvalue weighted by Crippen LogP contribution is -2.33. The third-order valence-corrected chi connectivity index (χ3v) is 8.86. The summed E-state index contributed by atoms with van der Waals surface area (Å²) in [7, 11) is -3.49. The summed E-state index contributed by atoms with van der Waals surface area (Å²) in [5.74, 6) is -0.0320. The number of amides is 1. The van der Waals surface area contributed by atoms with Crippen LogP contribution in [0.3, 0.4) is 0 Å². The zero-order valence-electron chi connectivity index (χ0n) is 18.9. The Labute approximate surface area is 195 Å². The van der Waals surface area contributed by atoms with Gasteiger partial charge in [0, 0.05) is 30.2 Å². The van der Waals surface area contributed by atoms with Crippen LogP contribution in [0.4, 0.5) is 0 Å². The molecular weight excluding hydrogens is 434 g/mol. The van der Waals surface area contributed by atoms with Crippen LogP contribution in [0.25, 0.3) is 10.9 Å². The van der Waals surface area contributed by atoms with E-state index in [1.165, 1.54) is 11.1 Å². The SMILES string of the molecule is O=C(Cn1ccc2cc(S(=O)(=O)N3CCCCCC3)ccc21)N[C@@H]1CCCc2ccccc21. The highest BCUT2D eigenvalue weighted by Crippen LogP contribution is 2.30. The molecule has 2 heterocycles. The van der Waals surface area contributed by atoms with Crippen LogP contribution < -0.4 is 5.32 Å². The molecular formula is C26H31N3O3S. The molecule has 1 amide bonds. The molecule has 0 unspecified atom stereocenters. The van der Waals surface area contributed by atoms with Crippen molar-refractivity contribution < 1.29 is 13.2 Å². The van der Waals surface area contributed by atoms with E-state index in [0.29, 0.717) is 18.0 Å². The zero-order chi connectivity index (χ0) is 22.8. The second-order valence-electron chi connectivity index (χ2n) is 9.19. The van der Waals surface area contributed by atoms with Gasteiger partial charge in [-0.1, -0.05) is 37.1 Å². The maximum Gasteiger partial charge on any atom is 0.243 e. The van der Waals surface area contributed by atoms with Crippen molar-refractivity contribution in [2.45, 2.75) is 62.4 Å². The number of sulfonamides is 1. The molecule has 0 bridgehead atoms. The van der Waals surface area contributed by atoms with Crippen LogP contribution in [0, 0.1) is 0 Å². The molecule has 0 saturated carbocycles. The van der Waals surface area contributed by atoms with Crippen molar-refractivity contribution in [2.24, 2.45) is 0 Å². The normalized spacial score (nSPS) is 19.7. The maximum absolute atomic E-state index is 13.1. The number of carbonyl (C=O) groups excluding carboxylic acids is 1. The summed E-state index contributed by atoms with van der Waals surface area (Å²) < 4.78 is 29.8. The molecule has 1 N–H and O–H groups in total. The molecule has 2 aromatic carbocycles. The fourth-order valence-electron chi connectivity index (χ4n) is 5.21. The van der Waals surface area contributed by atoms with Gasteiger partial charge >= 0.3 is 0 Å². The molecule has 7 heteroatoms. The second kappa shape index (κ2) is 9.31. The first-order chi connectivity index (χ1) is 16.0. The highest BCUT2D eigenvalue weighted by Gasteiger charge is 2.26. The molecule has 6 nitrogen and oxygen atoms in total. The Bertz CT molecular complexity index is 1260. The fourth-order valence-corrected chi connectivity index (χ4v) is 6.76. The Balaban J connectivity index is 1.32. The lowest BCUT2D eigenvalue weighted by Gasteiger charge is -2.26. The number of benzene rings is 2. The number of hydrogen-bond acceptors (Lipinski definition) is 3. The summed E-state index contributed by atoms with van der Waals surface area (Å²) in [6.45, 7) is 1.39. The van der Waals surface area contributed by atoms with E-state index in [1.807, 2.05) is 29.0 Å². The molecule has 0 spiro atoms. The van der Waals surface area contributed by atoms with Crippen LogP contribution in [0.1, 0.15) is 55.7 Å². The Morgan fingerprint density at radius 1 is 0.970 bits per heavy atom. The smallest absolute Gasteiger partial charge is 0.243 e. The van der Waals surface area contributed by atoms with Gasteiger partial charge in [-0.15, -0.1) is 0 Å². The lowest BCUT2D eigenvalue weighted by molar-refractivity contribution is -0.122. The van der Waals surface area contributed by atoms with Crippen molar-refractivity contribution in [1.82, 2.24) is 14.2 Å². The number of carbonyl (C=O) groups is 1. The quantitative estimate of drug-likeness (QED) is 0.607. The number of rotatable bonds is 5. The van der Waals surface area contributed by atoms with E-state index in [9.17, 15) is 13.2 Å². The summed E-state index contributed by atoms with van der Waals surface area (Å²) in [5, 5.41) is 4.04. The minimum atomic E-state index is -3.49. The van der Waals surface area contributed by atoms with Crippen molar-refractivity contribution in [1.29, 1.82) is 0 Å². The monoisotopic (exact) mass is 465 g/mol. The van der Waals surface area contributed by atoms with Crippen molar-refractivity contribution in [2.75, 3.05) is 13.1 Å². The minimum absolute atomic E-state index is 0.0320. The number of hydrogen-bond donors (Lipinski definition) is 1. The maximum atomic E-state index is 13.1. The van der Waals surface area contributed by atoms with Crippen LogP contribution in [0.15, 0.2) is 59.6 Å². The molecule has 2 aliphatic rings. The third-order valence-electron chi connectivity index (χ3n) is 6.96. The van der Waals surface area contributed by atoms with E-state index in [1.54, 1.807) is 16.4 Å². The first-order valence-corrected chi connectivity index (χ1v) is 13.4. The Morgan fingerprint density at radius 2 is 1.76 bits per heavy atom. The molecule has 1 saturated heterocycles. The van der Waals surface area contributed by atoms with E-state index < -0.39 is 10.0 Å². The predicted octanol–water partition coefficient (Wildman–Crippen LogP) is 4.40. The number of nitrogens with zero attached hydrogens (tertiary/aromatic N) is 2. The number of aryl methyl sites for hydroxylation is 1. The van der Waals surface area contributed by atoms with Gasteiger partial charge in [0.25, 0.3) is 0 Å². The number of nitrogens with one attached hydrogen (secondary N) is 1. The van der Waals surface area contributed by atoms with Gasteiger partial charge in [0.2, 0.25) is 15.9 Å². The molecule has 1 fully saturated rings. The van der Waals surface area contributed by atoms with E-state index in [4.69, 9.17) is 0 Å². The highest BCUT2D eigenvalue weighted by atomic mass is 32.2. The number of fused-ring (bicyclic) bond motifs is 2. The van der Waals surface area contributed by atoms with Gasteiger partial charge in [0.15, 0.2) is 0 Å². The van der Waals surface area contributed by atoms with E-state index >= 15 is 0 Å². The minimum Gasteiger partial charge on any atom is -0.348 e. The molecule has 5 rings (SSSR count). The van der Waals surface area contributed by atoms with Gasteiger partial charge in [0.05, 0.1) is 10.9 Å². The van der Waals surface area contributed by atoms with Gasteiger partial charge in [-0.3, -0.25) is 4.79 Å². The molecule has 1 atom stereocenters. The summed E-state index contributed by atoms with van der Waals surface area (Å²) in [4.78, 5) is 13.2. The fraction of sp³-hybridized carbons (Fsp3) is 0.423. The van der Waals surface area contributed by atoms with Crippen molar-refractivity contribution in [3.63, 3.8) is 0 Å². The predicted molar refractivity (Wildman–Crippen MR) is 129 cm³/mol. The average molecular weight is 466 g/mol. The summed E-state index contributed by atoms with van der Waals surface area (Å²) in [6.07, 6.45) is 8.95. The van der Waals surface area contributed by atoms with Gasteiger partial charge < -0.3 is 9.88 Å². The van der Waals surface area contributed by atoms with E-state index in [0.717, 1.165) is 55.8 Å².